The van der Waals surface area contributed by atoms with Crippen LogP contribution in [0.1, 0.15) is 6.42 Å². The number of hydrogen-bond acceptors (Lipinski definition) is 4. The Hall–Kier alpha value is -1.79. The fraction of sp³-hybridized carbons (Fsp3) is 0.286. The highest BCUT2D eigenvalue weighted by molar-refractivity contribution is 7.15. The fourth-order valence-electron chi connectivity index (χ4n) is 2.35. The summed E-state index contributed by atoms with van der Waals surface area (Å²) in [4.78, 5) is 18.4. The highest BCUT2D eigenvalue weighted by Crippen LogP contribution is 2.27. The number of anilines is 2. The van der Waals surface area contributed by atoms with Crippen molar-refractivity contribution < 1.29 is 4.79 Å². The van der Waals surface area contributed by atoms with Crippen LogP contribution in [0.3, 0.4) is 0 Å². The summed E-state index contributed by atoms with van der Waals surface area (Å²) in [7, 11) is 0. The van der Waals surface area contributed by atoms with Crippen molar-refractivity contribution in [2.75, 3.05) is 23.3 Å². The van der Waals surface area contributed by atoms with Gasteiger partial charge in [0.15, 0.2) is 0 Å². The van der Waals surface area contributed by atoms with Gasteiger partial charge in [-0.15, -0.1) is 11.3 Å². The molecule has 110 valence electrons. The number of rotatable bonds is 3. The van der Waals surface area contributed by atoms with E-state index in [1.54, 1.807) is 12.3 Å². The summed E-state index contributed by atoms with van der Waals surface area (Å²) in [6, 6.07) is 7.53. The maximum Gasteiger partial charge on any atom is 0.319 e. The van der Waals surface area contributed by atoms with Gasteiger partial charge in [0, 0.05) is 25.3 Å². The minimum absolute atomic E-state index is 0.115. The molecule has 1 atom stereocenters. The smallest absolute Gasteiger partial charge is 0.319 e. The largest absolute Gasteiger partial charge is 0.354 e. The molecule has 7 heteroatoms. The van der Waals surface area contributed by atoms with E-state index in [9.17, 15) is 4.79 Å². The second-order valence-electron chi connectivity index (χ2n) is 4.83. The Kier molecular flexibility index (Phi) is 4.26. The first kappa shape index (κ1) is 14.2. The van der Waals surface area contributed by atoms with E-state index in [0.717, 1.165) is 25.3 Å². The van der Waals surface area contributed by atoms with Crippen molar-refractivity contribution in [3.05, 3.63) is 40.2 Å². The van der Waals surface area contributed by atoms with Gasteiger partial charge in [0.05, 0.1) is 5.69 Å². The monoisotopic (exact) mass is 322 g/mol. The van der Waals surface area contributed by atoms with Crippen molar-refractivity contribution in [3.8, 4) is 0 Å². The molecule has 1 fully saturated rings. The molecule has 3 rings (SSSR count). The topological polar surface area (TPSA) is 57.3 Å². The zero-order valence-electron chi connectivity index (χ0n) is 11.3. The molecule has 2 amide bonds. The molecule has 0 aromatic carbocycles. The highest BCUT2D eigenvalue weighted by atomic mass is 35.5. The second kappa shape index (κ2) is 6.32. The second-order valence-corrected chi connectivity index (χ2v) is 6.34. The Morgan fingerprint density at radius 3 is 3.05 bits per heavy atom. The lowest BCUT2D eigenvalue weighted by molar-refractivity contribution is 0.249. The predicted octanol–water partition coefficient (Wildman–Crippen LogP) is 3.20. The number of urea groups is 1. The molecule has 0 unspecified atom stereocenters. The van der Waals surface area contributed by atoms with Gasteiger partial charge in [-0.1, -0.05) is 17.7 Å². The van der Waals surface area contributed by atoms with Gasteiger partial charge < -0.3 is 15.5 Å². The lowest BCUT2D eigenvalue weighted by Crippen LogP contribution is -2.39. The highest BCUT2D eigenvalue weighted by Gasteiger charge is 2.24. The molecule has 0 radical (unpaired) electrons. The van der Waals surface area contributed by atoms with Crippen molar-refractivity contribution in [1.29, 1.82) is 0 Å². The number of thiophene rings is 1. The maximum atomic E-state index is 12.0. The number of carbonyl (C=O) groups is 1. The van der Waals surface area contributed by atoms with E-state index < -0.39 is 0 Å². The lowest BCUT2D eigenvalue weighted by Gasteiger charge is -2.17. The zero-order valence-corrected chi connectivity index (χ0v) is 12.8. The van der Waals surface area contributed by atoms with E-state index in [2.05, 4.69) is 20.5 Å². The molecule has 3 heterocycles. The van der Waals surface area contributed by atoms with Gasteiger partial charge in [-0.25, -0.2) is 9.78 Å². The molecule has 1 aliphatic rings. The van der Waals surface area contributed by atoms with Crippen LogP contribution in [0.2, 0.25) is 4.34 Å². The fourth-order valence-corrected chi connectivity index (χ4v) is 3.19. The molecule has 21 heavy (non-hydrogen) atoms. The molecule has 0 aliphatic carbocycles. The average Bonchev–Trinajstić information content (AvgIpc) is 3.10. The summed E-state index contributed by atoms with van der Waals surface area (Å²) < 4.78 is 0.590. The van der Waals surface area contributed by atoms with Gasteiger partial charge in [-0.3, -0.25) is 0 Å². The van der Waals surface area contributed by atoms with Gasteiger partial charge in [0.2, 0.25) is 0 Å². The molecular formula is C14H15ClN4OS. The van der Waals surface area contributed by atoms with Gasteiger partial charge in [0.25, 0.3) is 0 Å². The molecule has 2 aromatic rings. The van der Waals surface area contributed by atoms with Crippen molar-refractivity contribution >= 4 is 40.5 Å². The van der Waals surface area contributed by atoms with Gasteiger partial charge in [-0.05, 0) is 30.0 Å². The quantitative estimate of drug-likeness (QED) is 0.912. The third-order valence-corrected chi connectivity index (χ3v) is 4.53. The van der Waals surface area contributed by atoms with Crippen molar-refractivity contribution in [3.63, 3.8) is 0 Å². The van der Waals surface area contributed by atoms with E-state index in [1.807, 2.05) is 23.6 Å². The molecule has 1 aliphatic heterocycles. The number of aromatic nitrogens is 1. The molecule has 0 bridgehead atoms. The zero-order chi connectivity index (χ0) is 14.7. The number of nitrogens with zero attached hydrogens (tertiary/aromatic N) is 2. The average molecular weight is 323 g/mol. The van der Waals surface area contributed by atoms with Crippen LogP contribution in [0.4, 0.5) is 16.3 Å². The Labute approximate surface area is 131 Å². The van der Waals surface area contributed by atoms with Crippen LogP contribution in [-0.4, -0.2) is 30.1 Å². The van der Waals surface area contributed by atoms with Crippen LogP contribution in [-0.2, 0) is 0 Å². The predicted molar refractivity (Wildman–Crippen MR) is 86.3 cm³/mol. The summed E-state index contributed by atoms with van der Waals surface area (Å²) in [5.41, 5.74) is 0.652. The Morgan fingerprint density at radius 1 is 1.43 bits per heavy atom. The van der Waals surface area contributed by atoms with Gasteiger partial charge in [-0.2, -0.15) is 0 Å². The van der Waals surface area contributed by atoms with Crippen LogP contribution in [0, 0.1) is 0 Å². The molecule has 2 aromatic heterocycles. The van der Waals surface area contributed by atoms with Crippen molar-refractivity contribution in [1.82, 2.24) is 10.3 Å². The summed E-state index contributed by atoms with van der Waals surface area (Å²) in [6.07, 6.45) is 2.68. The van der Waals surface area contributed by atoms with Crippen LogP contribution >= 0.6 is 22.9 Å². The number of nitrogens with one attached hydrogen (secondary N) is 2. The maximum absolute atomic E-state index is 12.0. The first-order chi connectivity index (χ1) is 10.2. The summed E-state index contributed by atoms with van der Waals surface area (Å²) in [5.74, 6) is 0.947. The minimum Gasteiger partial charge on any atom is -0.354 e. The van der Waals surface area contributed by atoms with Crippen molar-refractivity contribution in [2.45, 2.75) is 12.5 Å². The number of hydrogen-bond donors (Lipinski definition) is 2. The van der Waals surface area contributed by atoms with Gasteiger partial charge >= 0.3 is 6.03 Å². The Balaban J connectivity index is 1.53. The Bertz CT molecular complexity index is 618. The number of pyridine rings is 1. The van der Waals surface area contributed by atoms with E-state index >= 15 is 0 Å². The molecular weight excluding hydrogens is 308 g/mol. The van der Waals surface area contributed by atoms with Crippen LogP contribution in [0.15, 0.2) is 35.8 Å². The lowest BCUT2D eigenvalue weighted by atomic mass is 10.3. The standard InChI is InChI=1S/C14H15ClN4OS/c15-13-11(5-8-21-13)18-14(20)17-10-4-7-19(9-10)12-3-1-2-6-16-12/h1-3,5-6,8,10H,4,7,9H2,(H2,17,18,20)/t10-/m0/s1. The van der Waals surface area contributed by atoms with Crippen LogP contribution in [0.25, 0.3) is 0 Å². The summed E-state index contributed by atoms with van der Waals surface area (Å²) in [6.45, 7) is 1.66. The van der Waals surface area contributed by atoms with E-state index in [1.165, 1.54) is 11.3 Å². The first-order valence-corrected chi connectivity index (χ1v) is 7.94. The summed E-state index contributed by atoms with van der Waals surface area (Å²) in [5, 5.41) is 7.58. The van der Waals surface area contributed by atoms with E-state index in [-0.39, 0.29) is 12.1 Å². The normalized spacial score (nSPS) is 17.8. The number of halogens is 1. The number of carbonyl (C=O) groups excluding carboxylic acids is 1. The third-order valence-electron chi connectivity index (χ3n) is 3.36. The molecule has 0 spiro atoms. The number of amides is 2. The molecule has 1 saturated heterocycles. The first-order valence-electron chi connectivity index (χ1n) is 6.69. The van der Waals surface area contributed by atoms with E-state index in [4.69, 9.17) is 11.6 Å². The Morgan fingerprint density at radius 2 is 2.33 bits per heavy atom. The molecule has 5 nitrogen and oxygen atoms in total. The van der Waals surface area contributed by atoms with Crippen LogP contribution in [0.5, 0.6) is 0 Å². The summed E-state index contributed by atoms with van der Waals surface area (Å²) >= 11 is 7.36. The van der Waals surface area contributed by atoms with Crippen molar-refractivity contribution in [2.24, 2.45) is 0 Å². The SMILES string of the molecule is O=C(Nc1ccsc1Cl)N[C@H]1CCN(c2ccccn2)C1. The van der Waals surface area contributed by atoms with Gasteiger partial charge in [0.1, 0.15) is 10.2 Å². The third kappa shape index (κ3) is 3.46. The van der Waals surface area contributed by atoms with E-state index in [0.29, 0.717) is 10.0 Å². The van der Waals surface area contributed by atoms with Crippen LogP contribution < -0.4 is 15.5 Å². The minimum atomic E-state index is -0.219. The molecule has 2 N–H and O–H groups in total. The molecule has 0 saturated carbocycles.